The third kappa shape index (κ3) is 3.23. The summed E-state index contributed by atoms with van der Waals surface area (Å²) in [6.45, 7) is 4.52. The van der Waals surface area contributed by atoms with Gasteiger partial charge < -0.3 is 9.80 Å². The van der Waals surface area contributed by atoms with E-state index in [1.807, 2.05) is 14.1 Å². The molecule has 6 nitrogen and oxygen atoms in total. The van der Waals surface area contributed by atoms with Crippen LogP contribution in [0.25, 0.3) is 10.3 Å². The van der Waals surface area contributed by atoms with E-state index in [2.05, 4.69) is 26.8 Å². The molecule has 7 heteroatoms. The molecule has 26 heavy (non-hydrogen) atoms. The summed E-state index contributed by atoms with van der Waals surface area (Å²) in [6.07, 6.45) is 7.05. The number of hydrogen-bond acceptors (Lipinski definition) is 6. The fourth-order valence-electron chi connectivity index (χ4n) is 4.30. The van der Waals surface area contributed by atoms with E-state index in [0.29, 0.717) is 12.0 Å². The maximum absolute atomic E-state index is 12.8. The highest BCUT2D eigenvalue weighted by molar-refractivity contribution is 7.20. The van der Waals surface area contributed by atoms with E-state index in [1.165, 1.54) is 37.3 Å². The molecule has 1 atom stereocenters. The minimum Gasteiger partial charge on any atom is -0.344 e. The molecule has 2 saturated heterocycles. The molecule has 1 unspecified atom stereocenters. The lowest BCUT2D eigenvalue weighted by Gasteiger charge is -2.35. The molecule has 4 rings (SSSR count). The van der Waals surface area contributed by atoms with Crippen LogP contribution in [0, 0.1) is 0 Å². The Kier molecular flexibility index (Phi) is 4.94. The van der Waals surface area contributed by atoms with Crippen molar-refractivity contribution in [1.29, 1.82) is 0 Å². The second kappa shape index (κ2) is 7.21. The van der Waals surface area contributed by atoms with Crippen LogP contribution < -0.4 is 0 Å². The van der Waals surface area contributed by atoms with E-state index in [9.17, 15) is 4.79 Å². The van der Waals surface area contributed by atoms with Crippen molar-refractivity contribution in [3.63, 3.8) is 0 Å². The fourth-order valence-corrected chi connectivity index (χ4v) is 5.51. The smallest absolute Gasteiger partial charge is 0.263 e. The van der Waals surface area contributed by atoms with E-state index in [4.69, 9.17) is 0 Å². The van der Waals surface area contributed by atoms with Gasteiger partial charge in [-0.3, -0.25) is 14.7 Å². The largest absolute Gasteiger partial charge is 0.344 e. The van der Waals surface area contributed by atoms with Gasteiger partial charge in [-0.2, -0.15) is 0 Å². The highest BCUT2D eigenvalue weighted by atomic mass is 32.1. The lowest BCUT2D eigenvalue weighted by molar-refractivity contribution is 0.0831. The number of piperidine rings is 1. The van der Waals surface area contributed by atoms with Gasteiger partial charge in [-0.05, 0) is 45.9 Å². The van der Waals surface area contributed by atoms with Crippen LogP contribution in [0.15, 0.2) is 12.4 Å². The van der Waals surface area contributed by atoms with Crippen LogP contribution >= 0.6 is 11.3 Å². The van der Waals surface area contributed by atoms with Crippen LogP contribution in [0.2, 0.25) is 0 Å². The van der Waals surface area contributed by atoms with Crippen LogP contribution in [0.3, 0.4) is 0 Å². The van der Waals surface area contributed by atoms with Gasteiger partial charge in [0.1, 0.15) is 10.3 Å². The van der Waals surface area contributed by atoms with Crippen molar-refractivity contribution in [2.75, 3.05) is 47.3 Å². The monoisotopic (exact) mass is 373 g/mol. The fraction of sp³-hybridized carbons (Fsp3) is 0.632. The number of fused-ring (bicyclic) bond motifs is 1. The first-order valence-electron chi connectivity index (χ1n) is 9.42. The van der Waals surface area contributed by atoms with Crippen molar-refractivity contribution in [3.05, 3.63) is 22.8 Å². The lowest BCUT2D eigenvalue weighted by atomic mass is 9.97. The van der Waals surface area contributed by atoms with E-state index in [-0.39, 0.29) is 5.91 Å². The summed E-state index contributed by atoms with van der Waals surface area (Å²) in [6, 6.07) is 0.681. The van der Waals surface area contributed by atoms with Gasteiger partial charge in [0.2, 0.25) is 0 Å². The number of carbonyl (C=O) groups is 1. The molecule has 0 bridgehead atoms. The molecule has 2 aliphatic rings. The standard InChI is InChI=1S/C19H27N5OS/c1-22(2)19(25)17-15(16-18(26-17)21-8-7-20-16)13-4-11-24(12-13)14-5-9-23(3)10-6-14/h7-8,13-14H,4-6,9-12H2,1-3H3. The molecule has 140 valence electrons. The Labute approximate surface area is 158 Å². The van der Waals surface area contributed by atoms with Gasteiger partial charge in [-0.15, -0.1) is 11.3 Å². The average Bonchev–Trinajstić information content (AvgIpc) is 3.25. The van der Waals surface area contributed by atoms with Crippen LogP contribution in [0.4, 0.5) is 0 Å². The van der Waals surface area contributed by atoms with E-state index in [0.717, 1.165) is 40.3 Å². The van der Waals surface area contributed by atoms with Crippen molar-refractivity contribution >= 4 is 27.6 Å². The molecule has 2 fully saturated rings. The molecule has 0 saturated carbocycles. The lowest BCUT2D eigenvalue weighted by Crippen LogP contribution is -2.42. The summed E-state index contributed by atoms with van der Waals surface area (Å²) in [7, 11) is 5.84. The Bertz CT molecular complexity index is 796. The van der Waals surface area contributed by atoms with Crippen LogP contribution in [0.5, 0.6) is 0 Å². The Morgan fingerprint density at radius 1 is 1.15 bits per heavy atom. The van der Waals surface area contributed by atoms with Gasteiger partial charge in [0.15, 0.2) is 0 Å². The molecule has 0 spiro atoms. The number of aromatic nitrogens is 2. The van der Waals surface area contributed by atoms with Gasteiger partial charge in [0.25, 0.3) is 5.91 Å². The van der Waals surface area contributed by atoms with Crippen LogP contribution in [-0.4, -0.2) is 83.9 Å². The Hall–Kier alpha value is -1.57. The van der Waals surface area contributed by atoms with Gasteiger partial charge >= 0.3 is 0 Å². The van der Waals surface area contributed by atoms with Crippen molar-refractivity contribution < 1.29 is 4.79 Å². The minimum atomic E-state index is 0.0718. The number of rotatable bonds is 3. The number of hydrogen-bond donors (Lipinski definition) is 0. The summed E-state index contributed by atoms with van der Waals surface area (Å²) >= 11 is 1.49. The first-order valence-corrected chi connectivity index (χ1v) is 10.2. The molecule has 0 N–H and O–H groups in total. The molecule has 4 heterocycles. The average molecular weight is 374 g/mol. The zero-order valence-electron chi connectivity index (χ0n) is 15.8. The molecule has 0 aromatic carbocycles. The van der Waals surface area contributed by atoms with Crippen molar-refractivity contribution in [1.82, 2.24) is 24.7 Å². The predicted octanol–water partition coefficient (Wildman–Crippen LogP) is 2.28. The van der Waals surface area contributed by atoms with Crippen molar-refractivity contribution in [2.24, 2.45) is 0 Å². The number of thiophene rings is 1. The number of amides is 1. The molecule has 0 aliphatic carbocycles. The quantitative estimate of drug-likeness (QED) is 0.826. The third-order valence-electron chi connectivity index (χ3n) is 5.80. The summed E-state index contributed by atoms with van der Waals surface area (Å²) in [5.74, 6) is 0.446. The second-order valence-corrected chi connectivity index (χ2v) is 8.77. The molecule has 2 aliphatic heterocycles. The van der Waals surface area contributed by atoms with Crippen molar-refractivity contribution in [2.45, 2.75) is 31.2 Å². The Balaban J connectivity index is 1.62. The molecule has 0 radical (unpaired) electrons. The first kappa shape index (κ1) is 17.8. The molecule has 2 aromatic heterocycles. The second-order valence-electron chi connectivity index (χ2n) is 7.77. The summed E-state index contributed by atoms with van der Waals surface area (Å²) in [5, 5.41) is 0. The first-order chi connectivity index (χ1) is 12.5. The van der Waals surface area contributed by atoms with Gasteiger partial charge in [-0.25, -0.2) is 4.98 Å². The van der Waals surface area contributed by atoms with Crippen LogP contribution in [-0.2, 0) is 0 Å². The summed E-state index contributed by atoms with van der Waals surface area (Å²) < 4.78 is 0. The highest BCUT2D eigenvalue weighted by Gasteiger charge is 2.35. The predicted molar refractivity (Wildman–Crippen MR) is 105 cm³/mol. The summed E-state index contributed by atoms with van der Waals surface area (Å²) in [5.41, 5.74) is 2.06. The van der Waals surface area contributed by atoms with Gasteiger partial charge in [0.05, 0.1) is 4.88 Å². The number of nitrogens with zero attached hydrogens (tertiary/aromatic N) is 5. The normalized spacial score (nSPS) is 23.0. The van der Waals surface area contributed by atoms with E-state index in [1.54, 1.807) is 17.3 Å². The van der Waals surface area contributed by atoms with Gasteiger partial charge in [0, 0.05) is 50.6 Å². The SMILES string of the molecule is CN1CCC(N2CCC(c3c(C(=O)N(C)C)sc4nccnc34)C2)CC1. The molecular formula is C19H27N5OS. The van der Waals surface area contributed by atoms with Gasteiger partial charge in [-0.1, -0.05) is 0 Å². The van der Waals surface area contributed by atoms with Crippen molar-refractivity contribution in [3.8, 4) is 0 Å². The zero-order chi connectivity index (χ0) is 18.3. The Morgan fingerprint density at radius 2 is 1.88 bits per heavy atom. The maximum atomic E-state index is 12.8. The third-order valence-corrected chi connectivity index (χ3v) is 6.89. The zero-order valence-corrected chi connectivity index (χ0v) is 16.6. The Morgan fingerprint density at radius 3 is 2.62 bits per heavy atom. The molecular weight excluding hydrogens is 346 g/mol. The van der Waals surface area contributed by atoms with E-state index >= 15 is 0 Å². The maximum Gasteiger partial charge on any atom is 0.263 e. The molecule has 2 aromatic rings. The number of carbonyl (C=O) groups excluding carboxylic acids is 1. The number of likely N-dealkylation sites (tertiary alicyclic amines) is 2. The topological polar surface area (TPSA) is 52.6 Å². The summed E-state index contributed by atoms with van der Waals surface area (Å²) in [4.78, 5) is 30.2. The highest BCUT2D eigenvalue weighted by Crippen LogP contribution is 2.39. The minimum absolute atomic E-state index is 0.0718. The van der Waals surface area contributed by atoms with E-state index < -0.39 is 0 Å². The van der Waals surface area contributed by atoms with Crippen LogP contribution in [0.1, 0.15) is 40.4 Å². The molecule has 1 amide bonds.